The van der Waals surface area contributed by atoms with E-state index in [0.29, 0.717) is 17.2 Å². The SMILES string of the molecule is CC(=O)NCc1ccc(C(=O)CSc2nc(-c3ccccc3)cs2)s1. The van der Waals surface area contributed by atoms with Crippen molar-refractivity contribution in [2.45, 2.75) is 17.8 Å². The summed E-state index contributed by atoms with van der Waals surface area (Å²) in [6.07, 6.45) is 0. The van der Waals surface area contributed by atoms with E-state index >= 15 is 0 Å². The average molecular weight is 389 g/mol. The number of hydrogen-bond acceptors (Lipinski definition) is 6. The number of amides is 1. The highest BCUT2D eigenvalue weighted by atomic mass is 32.2. The smallest absolute Gasteiger partial charge is 0.217 e. The van der Waals surface area contributed by atoms with Crippen molar-refractivity contribution in [3.05, 3.63) is 57.6 Å². The van der Waals surface area contributed by atoms with Crippen LogP contribution in [0.4, 0.5) is 0 Å². The highest BCUT2D eigenvalue weighted by Crippen LogP contribution is 2.29. The van der Waals surface area contributed by atoms with Crippen molar-refractivity contribution in [2.24, 2.45) is 0 Å². The molecule has 0 aliphatic carbocycles. The zero-order valence-corrected chi connectivity index (χ0v) is 16.0. The standard InChI is InChI=1S/C18H16N2O2S3/c1-12(21)19-9-14-7-8-17(25-14)16(22)11-24-18-20-15(10-23-18)13-5-3-2-4-6-13/h2-8,10H,9,11H2,1H3,(H,19,21). The fourth-order valence-electron chi connectivity index (χ4n) is 2.10. The van der Waals surface area contributed by atoms with Crippen LogP contribution in [0.5, 0.6) is 0 Å². The number of carbonyl (C=O) groups excluding carboxylic acids is 2. The number of benzene rings is 1. The van der Waals surface area contributed by atoms with Gasteiger partial charge >= 0.3 is 0 Å². The summed E-state index contributed by atoms with van der Waals surface area (Å²) in [4.78, 5) is 29.5. The zero-order valence-electron chi connectivity index (χ0n) is 13.5. The van der Waals surface area contributed by atoms with Crippen LogP contribution >= 0.6 is 34.4 Å². The van der Waals surface area contributed by atoms with E-state index < -0.39 is 0 Å². The first-order chi connectivity index (χ1) is 12.1. The molecule has 0 saturated heterocycles. The third-order valence-electron chi connectivity index (χ3n) is 3.33. The minimum Gasteiger partial charge on any atom is -0.351 e. The van der Waals surface area contributed by atoms with Gasteiger partial charge in [-0.3, -0.25) is 9.59 Å². The molecular formula is C18H16N2O2S3. The lowest BCUT2D eigenvalue weighted by Gasteiger charge is -1.98. The first-order valence-corrected chi connectivity index (χ1v) is 10.3. The maximum absolute atomic E-state index is 12.3. The van der Waals surface area contributed by atoms with E-state index in [1.807, 2.05) is 47.8 Å². The summed E-state index contributed by atoms with van der Waals surface area (Å²) >= 11 is 4.44. The van der Waals surface area contributed by atoms with E-state index in [-0.39, 0.29) is 11.7 Å². The largest absolute Gasteiger partial charge is 0.351 e. The number of rotatable bonds is 7. The van der Waals surface area contributed by atoms with Gasteiger partial charge in [-0.25, -0.2) is 4.98 Å². The fraction of sp³-hybridized carbons (Fsp3) is 0.167. The van der Waals surface area contributed by atoms with Crippen LogP contribution in [-0.4, -0.2) is 22.4 Å². The van der Waals surface area contributed by atoms with Crippen molar-refractivity contribution < 1.29 is 9.59 Å². The normalized spacial score (nSPS) is 10.6. The number of nitrogens with one attached hydrogen (secondary N) is 1. The van der Waals surface area contributed by atoms with Crippen molar-refractivity contribution >= 4 is 46.1 Å². The summed E-state index contributed by atoms with van der Waals surface area (Å²) in [6, 6.07) is 13.7. The molecule has 0 unspecified atom stereocenters. The van der Waals surface area contributed by atoms with Gasteiger partial charge in [0.2, 0.25) is 5.91 Å². The predicted molar refractivity (Wildman–Crippen MR) is 104 cm³/mol. The third kappa shape index (κ3) is 5.01. The summed E-state index contributed by atoms with van der Waals surface area (Å²) in [5, 5.41) is 4.75. The summed E-state index contributed by atoms with van der Waals surface area (Å²) < 4.78 is 0.891. The Morgan fingerprint density at radius 1 is 1.16 bits per heavy atom. The molecular weight excluding hydrogens is 372 g/mol. The summed E-state index contributed by atoms with van der Waals surface area (Å²) in [6.45, 7) is 1.95. The molecule has 3 rings (SSSR count). The molecule has 0 aliphatic heterocycles. The number of ketones is 1. The van der Waals surface area contributed by atoms with Gasteiger partial charge in [-0.15, -0.1) is 22.7 Å². The van der Waals surface area contributed by atoms with E-state index in [2.05, 4.69) is 10.3 Å². The van der Waals surface area contributed by atoms with E-state index in [9.17, 15) is 9.59 Å². The van der Waals surface area contributed by atoms with Gasteiger partial charge in [0.1, 0.15) is 0 Å². The lowest BCUT2D eigenvalue weighted by atomic mass is 10.2. The number of carbonyl (C=O) groups is 2. The average Bonchev–Trinajstić information content (AvgIpc) is 3.28. The quantitative estimate of drug-likeness (QED) is 0.479. The van der Waals surface area contributed by atoms with E-state index in [1.54, 1.807) is 11.3 Å². The number of nitrogens with zero attached hydrogens (tertiary/aromatic N) is 1. The molecule has 0 radical (unpaired) electrons. The van der Waals surface area contributed by atoms with Gasteiger partial charge in [-0.1, -0.05) is 42.1 Å². The van der Waals surface area contributed by atoms with Crippen molar-refractivity contribution in [3.63, 3.8) is 0 Å². The third-order valence-corrected chi connectivity index (χ3v) is 6.47. The topological polar surface area (TPSA) is 59.1 Å². The summed E-state index contributed by atoms with van der Waals surface area (Å²) in [7, 11) is 0. The van der Waals surface area contributed by atoms with Gasteiger partial charge in [-0.05, 0) is 12.1 Å². The van der Waals surface area contributed by atoms with Crippen LogP contribution < -0.4 is 5.32 Å². The Balaban J connectivity index is 1.56. The van der Waals surface area contributed by atoms with Crippen LogP contribution in [0.15, 0.2) is 52.2 Å². The Hall–Kier alpha value is -1.96. The molecule has 3 aromatic rings. The number of thiazole rings is 1. The molecule has 0 saturated carbocycles. The maximum Gasteiger partial charge on any atom is 0.217 e. The van der Waals surface area contributed by atoms with Crippen LogP contribution in [0.2, 0.25) is 0 Å². The molecule has 0 fully saturated rings. The minimum atomic E-state index is -0.0742. The molecule has 4 nitrogen and oxygen atoms in total. The van der Waals surface area contributed by atoms with Crippen molar-refractivity contribution in [2.75, 3.05) is 5.75 Å². The van der Waals surface area contributed by atoms with E-state index in [1.165, 1.54) is 30.0 Å². The van der Waals surface area contributed by atoms with Crippen LogP contribution in [0.25, 0.3) is 11.3 Å². The van der Waals surface area contributed by atoms with Crippen LogP contribution in [0.1, 0.15) is 21.5 Å². The molecule has 25 heavy (non-hydrogen) atoms. The highest BCUT2D eigenvalue weighted by molar-refractivity contribution is 8.01. The second-order valence-corrected chi connectivity index (χ2v) is 8.50. The Morgan fingerprint density at radius 3 is 2.72 bits per heavy atom. The Bertz CT molecular complexity index is 871. The lowest BCUT2D eigenvalue weighted by Crippen LogP contribution is -2.18. The van der Waals surface area contributed by atoms with Gasteiger partial charge in [0.15, 0.2) is 10.1 Å². The molecule has 1 N–H and O–H groups in total. The molecule has 2 heterocycles. The molecule has 0 aliphatic rings. The Kier molecular flexibility index (Phi) is 6.01. The number of Topliss-reactive ketones (excluding diaryl/α,β-unsaturated/α-hetero) is 1. The molecule has 0 bridgehead atoms. The maximum atomic E-state index is 12.3. The van der Waals surface area contributed by atoms with Crippen molar-refractivity contribution in [3.8, 4) is 11.3 Å². The molecule has 0 spiro atoms. The van der Waals surface area contributed by atoms with Gasteiger partial charge in [0.25, 0.3) is 0 Å². The number of aromatic nitrogens is 1. The van der Waals surface area contributed by atoms with Crippen LogP contribution in [-0.2, 0) is 11.3 Å². The van der Waals surface area contributed by atoms with Crippen LogP contribution in [0, 0.1) is 0 Å². The number of hydrogen-bond donors (Lipinski definition) is 1. The number of thioether (sulfide) groups is 1. The van der Waals surface area contributed by atoms with Crippen molar-refractivity contribution in [1.29, 1.82) is 0 Å². The molecule has 7 heteroatoms. The van der Waals surface area contributed by atoms with Gasteiger partial charge in [-0.2, -0.15) is 0 Å². The van der Waals surface area contributed by atoms with Crippen LogP contribution in [0.3, 0.4) is 0 Å². The summed E-state index contributed by atoms with van der Waals surface area (Å²) in [5.74, 6) is 0.373. The molecule has 2 aromatic heterocycles. The second kappa shape index (κ2) is 8.42. The Labute approximate surface area is 158 Å². The van der Waals surface area contributed by atoms with E-state index in [0.717, 1.165) is 20.5 Å². The Morgan fingerprint density at radius 2 is 1.96 bits per heavy atom. The molecule has 1 amide bonds. The zero-order chi connectivity index (χ0) is 17.6. The number of thiophene rings is 1. The lowest BCUT2D eigenvalue weighted by molar-refractivity contribution is -0.119. The van der Waals surface area contributed by atoms with Crippen molar-refractivity contribution in [1.82, 2.24) is 10.3 Å². The summed E-state index contributed by atoms with van der Waals surface area (Å²) in [5.41, 5.74) is 2.02. The molecule has 1 aromatic carbocycles. The monoisotopic (exact) mass is 388 g/mol. The van der Waals surface area contributed by atoms with Gasteiger partial charge in [0, 0.05) is 22.7 Å². The van der Waals surface area contributed by atoms with E-state index in [4.69, 9.17) is 0 Å². The molecule has 128 valence electrons. The van der Waals surface area contributed by atoms with Gasteiger partial charge < -0.3 is 5.32 Å². The van der Waals surface area contributed by atoms with Gasteiger partial charge in [0.05, 0.1) is 22.9 Å². The first-order valence-electron chi connectivity index (χ1n) is 7.62. The highest BCUT2D eigenvalue weighted by Gasteiger charge is 2.12. The minimum absolute atomic E-state index is 0.0742. The molecule has 0 atom stereocenters. The second-order valence-electron chi connectivity index (χ2n) is 5.25. The predicted octanol–water partition coefficient (Wildman–Crippen LogP) is 4.48. The fourth-order valence-corrected chi connectivity index (χ4v) is 4.79. The first kappa shape index (κ1) is 17.8.